The highest BCUT2D eigenvalue weighted by atomic mass is 32.1. The summed E-state index contributed by atoms with van der Waals surface area (Å²) in [5.74, 6) is 0.703. The Hall–Kier alpha value is -0.490. The van der Waals surface area contributed by atoms with E-state index in [0.717, 1.165) is 43.1 Å². The van der Waals surface area contributed by atoms with Crippen LogP contribution in [0.25, 0.3) is 0 Å². The molecule has 1 saturated heterocycles. The molecule has 0 radical (unpaired) electrons. The molecule has 1 N–H and O–H groups in total. The number of nitrogens with zero attached hydrogens (tertiary/aromatic N) is 1. The zero-order chi connectivity index (χ0) is 14.4. The maximum Gasteiger partial charge on any atom is 0.119 e. The smallest absolute Gasteiger partial charge is 0.119 e. The van der Waals surface area contributed by atoms with Crippen LogP contribution in [0.15, 0.2) is 5.38 Å². The van der Waals surface area contributed by atoms with Crippen molar-refractivity contribution >= 4 is 11.3 Å². The average Bonchev–Trinajstić information content (AvgIpc) is 2.84. The average molecular weight is 298 g/mol. The van der Waals surface area contributed by atoms with Crippen LogP contribution in [0.2, 0.25) is 0 Å². The van der Waals surface area contributed by atoms with Gasteiger partial charge >= 0.3 is 0 Å². The molecule has 0 bridgehead atoms. The number of nitrogens with one attached hydrogen (secondary N) is 1. The molecule has 1 aliphatic heterocycles. The number of rotatable bonds is 7. The first-order valence-electron chi connectivity index (χ1n) is 7.44. The predicted molar refractivity (Wildman–Crippen MR) is 81.9 cm³/mol. The number of thiazole rings is 1. The molecule has 0 amide bonds. The molecular weight excluding hydrogens is 272 g/mol. The van der Waals surface area contributed by atoms with Gasteiger partial charge in [-0.2, -0.15) is 0 Å². The molecule has 5 heteroatoms. The standard InChI is InChI=1S/C15H26N2O2S/c1-11(2)6-14-7-12(4-5-19-14)16-8-13-10-20-15(17-13)9-18-3/h10-12,14,16H,4-9H2,1-3H3/t12-,14-/m0/s1. The van der Waals surface area contributed by atoms with Gasteiger partial charge in [0, 0.05) is 31.7 Å². The Bertz CT molecular complexity index is 395. The molecule has 1 aliphatic rings. The van der Waals surface area contributed by atoms with Gasteiger partial charge in [-0.3, -0.25) is 0 Å². The minimum absolute atomic E-state index is 0.417. The first-order valence-corrected chi connectivity index (χ1v) is 8.32. The molecule has 4 nitrogen and oxygen atoms in total. The van der Waals surface area contributed by atoms with Crippen molar-refractivity contribution in [1.82, 2.24) is 10.3 Å². The lowest BCUT2D eigenvalue weighted by Crippen LogP contribution is -2.39. The van der Waals surface area contributed by atoms with E-state index in [1.165, 1.54) is 0 Å². The Balaban J connectivity index is 1.75. The molecule has 1 fully saturated rings. The zero-order valence-electron chi connectivity index (χ0n) is 12.7. The van der Waals surface area contributed by atoms with Gasteiger partial charge in [0.2, 0.25) is 0 Å². The van der Waals surface area contributed by atoms with Crippen LogP contribution in [0.4, 0.5) is 0 Å². The van der Waals surface area contributed by atoms with Gasteiger partial charge in [-0.05, 0) is 25.2 Å². The highest BCUT2D eigenvalue weighted by Gasteiger charge is 2.22. The Morgan fingerprint density at radius 2 is 2.40 bits per heavy atom. The normalized spacial score (nSPS) is 23.4. The summed E-state index contributed by atoms with van der Waals surface area (Å²) < 4.78 is 10.9. The third-order valence-electron chi connectivity index (χ3n) is 3.54. The fraction of sp³-hybridized carbons (Fsp3) is 0.800. The van der Waals surface area contributed by atoms with Crippen molar-refractivity contribution < 1.29 is 9.47 Å². The summed E-state index contributed by atoms with van der Waals surface area (Å²) in [6.07, 6.45) is 3.80. The molecule has 2 atom stereocenters. The van der Waals surface area contributed by atoms with E-state index in [1.54, 1.807) is 18.4 Å². The van der Waals surface area contributed by atoms with Gasteiger partial charge in [-0.1, -0.05) is 13.8 Å². The molecular formula is C15H26N2O2S. The van der Waals surface area contributed by atoms with Crippen molar-refractivity contribution in [3.8, 4) is 0 Å². The number of methoxy groups -OCH3 is 1. The van der Waals surface area contributed by atoms with Crippen molar-refractivity contribution in [3.63, 3.8) is 0 Å². The molecule has 0 saturated carbocycles. The van der Waals surface area contributed by atoms with Crippen molar-refractivity contribution in [3.05, 3.63) is 16.1 Å². The zero-order valence-corrected chi connectivity index (χ0v) is 13.5. The van der Waals surface area contributed by atoms with E-state index in [2.05, 4.69) is 29.5 Å². The van der Waals surface area contributed by atoms with E-state index in [0.29, 0.717) is 24.7 Å². The van der Waals surface area contributed by atoms with Crippen molar-refractivity contribution in [1.29, 1.82) is 0 Å². The monoisotopic (exact) mass is 298 g/mol. The summed E-state index contributed by atoms with van der Waals surface area (Å²) in [7, 11) is 1.70. The maximum atomic E-state index is 5.84. The van der Waals surface area contributed by atoms with E-state index >= 15 is 0 Å². The van der Waals surface area contributed by atoms with Crippen molar-refractivity contribution in [2.24, 2.45) is 5.92 Å². The van der Waals surface area contributed by atoms with Crippen LogP contribution in [-0.4, -0.2) is 30.8 Å². The lowest BCUT2D eigenvalue weighted by Gasteiger charge is -2.31. The van der Waals surface area contributed by atoms with Gasteiger partial charge in [-0.25, -0.2) is 4.98 Å². The van der Waals surface area contributed by atoms with Crippen LogP contribution in [0.5, 0.6) is 0 Å². The molecule has 114 valence electrons. The third kappa shape index (κ3) is 5.13. The third-order valence-corrected chi connectivity index (χ3v) is 4.41. The largest absolute Gasteiger partial charge is 0.378 e. The number of hydrogen-bond acceptors (Lipinski definition) is 5. The van der Waals surface area contributed by atoms with Crippen LogP contribution in [0, 0.1) is 5.92 Å². The predicted octanol–water partition coefficient (Wildman–Crippen LogP) is 2.97. The Morgan fingerprint density at radius 3 is 3.15 bits per heavy atom. The lowest BCUT2D eigenvalue weighted by molar-refractivity contribution is -0.00961. The molecule has 2 heterocycles. The Morgan fingerprint density at radius 1 is 1.55 bits per heavy atom. The number of aromatic nitrogens is 1. The number of ether oxygens (including phenoxy) is 2. The van der Waals surface area contributed by atoms with Gasteiger partial charge in [0.05, 0.1) is 18.4 Å². The van der Waals surface area contributed by atoms with Gasteiger partial charge in [0.1, 0.15) is 5.01 Å². The number of hydrogen-bond donors (Lipinski definition) is 1. The van der Waals surface area contributed by atoms with Gasteiger partial charge < -0.3 is 14.8 Å². The Kier molecular flexibility index (Phi) is 6.42. The van der Waals surface area contributed by atoms with Crippen molar-refractivity contribution in [2.75, 3.05) is 13.7 Å². The second-order valence-corrected chi connectivity index (χ2v) is 6.83. The summed E-state index contributed by atoms with van der Waals surface area (Å²) in [5, 5.41) is 6.79. The van der Waals surface area contributed by atoms with Gasteiger partial charge in [0.25, 0.3) is 0 Å². The summed E-state index contributed by atoms with van der Waals surface area (Å²) >= 11 is 1.67. The fourth-order valence-electron chi connectivity index (χ4n) is 2.62. The van der Waals surface area contributed by atoms with Crippen LogP contribution >= 0.6 is 11.3 Å². The minimum Gasteiger partial charge on any atom is -0.378 e. The van der Waals surface area contributed by atoms with Gasteiger partial charge in [0.15, 0.2) is 0 Å². The maximum absolute atomic E-state index is 5.84. The summed E-state index contributed by atoms with van der Waals surface area (Å²) in [4.78, 5) is 4.55. The molecule has 20 heavy (non-hydrogen) atoms. The quantitative estimate of drug-likeness (QED) is 0.840. The summed E-state index contributed by atoms with van der Waals surface area (Å²) in [6.45, 7) is 6.85. The van der Waals surface area contributed by atoms with E-state index < -0.39 is 0 Å². The fourth-order valence-corrected chi connectivity index (χ4v) is 3.39. The topological polar surface area (TPSA) is 43.4 Å². The molecule has 0 aromatic carbocycles. The minimum atomic E-state index is 0.417. The van der Waals surface area contributed by atoms with E-state index in [-0.39, 0.29) is 0 Å². The molecule has 2 rings (SSSR count). The van der Waals surface area contributed by atoms with Crippen LogP contribution in [-0.2, 0) is 22.6 Å². The first-order chi connectivity index (χ1) is 9.67. The van der Waals surface area contributed by atoms with Crippen LogP contribution in [0.1, 0.15) is 43.8 Å². The first kappa shape index (κ1) is 15.9. The van der Waals surface area contributed by atoms with Gasteiger partial charge in [-0.15, -0.1) is 11.3 Å². The molecule has 0 aliphatic carbocycles. The van der Waals surface area contributed by atoms with Crippen LogP contribution < -0.4 is 5.32 Å². The molecule has 0 unspecified atom stereocenters. The second-order valence-electron chi connectivity index (χ2n) is 5.89. The Labute approximate surface area is 125 Å². The lowest BCUT2D eigenvalue weighted by atomic mass is 9.96. The SMILES string of the molecule is COCc1nc(CN[C@H]2CCO[C@@H](CC(C)C)C2)cs1. The highest BCUT2D eigenvalue weighted by molar-refractivity contribution is 7.09. The molecule has 1 aromatic rings. The summed E-state index contributed by atoms with van der Waals surface area (Å²) in [6, 6.07) is 0.556. The van der Waals surface area contributed by atoms with E-state index in [1.807, 2.05) is 0 Å². The molecule has 0 spiro atoms. The summed E-state index contributed by atoms with van der Waals surface area (Å²) in [5.41, 5.74) is 1.12. The van der Waals surface area contributed by atoms with E-state index in [4.69, 9.17) is 9.47 Å². The second kappa shape index (κ2) is 8.08. The van der Waals surface area contributed by atoms with Crippen molar-refractivity contribution in [2.45, 2.75) is 58.4 Å². The van der Waals surface area contributed by atoms with E-state index in [9.17, 15) is 0 Å². The van der Waals surface area contributed by atoms with Crippen LogP contribution in [0.3, 0.4) is 0 Å². The highest BCUT2D eigenvalue weighted by Crippen LogP contribution is 2.20. The molecule has 1 aromatic heterocycles.